The molecule has 98 valence electrons. The van der Waals surface area contributed by atoms with E-state index in [2.05, 4.69) is 10.2 Å². The molecule has 0 bridgehead atoms. The van der Waals surface area contributed by atoms with Gasteiger partial charge in [-0.05, 0) is 63.6 Å². The van der Waals surface area contributed by atoms with Crippen LogP contribution in [0.5, 0.6) is 0 Å². The third-order valence-corrected chi connectivity index (χ3v) is 4.52. The van der Waals surface area contributed by atoms with Gasteiger partial charge in [0.1, 0.15) is 0 Å². The molecule has 2 aliphatic heterocycles. The molecule has 0 radical (unpaired) electrons. The summed E-state index contributed by atoms with van der Waals surface area (Å²) in [4.78, 5) is 2.66. The van der Waals surface area contributed by atoms with Crippen molar-refractivity contribution in [3.05, 3.63) is 0 Å². The van der Waals surface area contributed by atoms with Crippen LogP contribution < -0.4 is 5.32 Å². The van der Waals surface area contributed by atoms with E-state index < -0.39 is 0 Å². The van der Waals surface area contributed by atoms with Gasteiger partial charge in [-0.2, -0.15) is 0 Å². The Hall–Kier alpha value is -0.120. The van der Waals surface area contributed by atoms with Gasteiger partial charge in [0.25, 0.3) is 0 Å². The first-order valence-corrected chi connectivity index (χ1v) is 7.43. The molecule has 2 unspecified atom stereocenters. The first kappa shape index (κ1) is 11.9. The van der Waals surface area contributed by atoms with Crippen molar-refractivity contribution in [1.82, 2.24) is 10.2 Å². The Morgan fingerprint density at radius 2 is 2.06 bits per heavy atom. The van der Waals surface area contributed by atoms with E-state index in [-0.39, 0.29) is 0 Å². The summed E-state index contributed by atoms with van der Waals surface area (Å²) in [6.07, 6.45) is 6.88. The summed E-state index contributed by atoms with van der Waals surface area (Å²) in [5.41, 5.74) is 0. The topological polar surface area (TPSA) is 24.5 Å². The lowest BCUT2D eigenvalue weighted by atomic mass is 10.1. The fourth-order valence-electron chi connectivity index (χ4n) is 3.08. The average molecular weight is 238 g/mol. The summed E-state index contributed by atoms with van der Waals surface area (Å²) < 4.78 is 5.44. The van der Waals surface area contributed by atoms with Crippen molar-refractivity contribution in [1.29, 1.82) is 0 Å². The molecule has 1 saturated carbocycles. The number of nitrogens with zero attached hydrogens (tertiary/aromatic N) is 1. The summed E-state index contributed by atoms with van der Waals surface area (Å²) in [5, 5.41) is 3.67. The Kier molecular flexibility index (Phi) is 3.99. The zero-order valence-corrected chi connectivity index (χ0v) is 10.9. The second-order valence-corrected chi connectivity index (χ2v) is 6.16. The Morgan fingerprint density at radius 3 is 2.82 bits per heavy atom. The van der Waals surface area contributed by atoms with Gasteiger partial charge in [0.05, 0.1) is 0 Å². The van der Waals surface area contributed by atoms with Crippen LogP contribution in [0.4, 0.5) is 0 Å². The van der Waals surface area contributed by atoms with E-state index in [1.54, 1.807) is 0 Å². The first-order chi connectivity index (χ1) is 8.40. The largest absolute Gasteiger partial charge is 0.381 e. The van der Waals surface area contributed by atoms with Gasteiger partial charge in [0, 0.05) is 25.8 Å². The van der Waals surface area contributed by atoms with Gasteiger partial charge in [-0.1, -0.05) is 0 Å². The monoisotopic (exact) mass is 238 g/mol. The molecule has 2 saturated heterocycles. The maximum absolute atomic E-state index is 5.44. The van der Waals surface area contributed by atoms with Crippen molar-refractivity contribution in [3.8, 4) is 0 Å². The Balaban J connectivity index is 1.29. The standard InChI is InChI=1S/C14H26N2O/c1-2-14(1)15-9-13-4-7-16(10-13)6-3-12-5-8-17-11-12/h12-15H,1-11H2. The summed E-state index contributed by atoms with van der Waals surface area (Å²) in [7, 11) is 0. The highest BCUT2D eigenvalue weighted by Crippen LogP contribution is 2.22. The molecular formula is C14H26N2O. The van der Waals surface area contributed by atoms with Crippen molar-refractivity contribution in [2.24, 2.45) is 11.8 Å². The van der Waals surface area contributed by atoms with E-state index >= 15 is 0 Å². The van der Waals surface area contributed by atoms with Crippen LogP contribution in [0.15, 0.2) is 0 Å². The molecule has 0 amide bonds. The maximum Gasteiger partial charge on any atom is 0.0495 e. The number of rotatable bonds is 6. The van der Waals surface area contributed by atoms with Gasteiger partial charge in [0.2, 0.25) is 0 Å². The molecule has 3 aliphatic rings. The van der Waals surface area contributed by atoms with E-state index in [4.69, 9.17) is 4.74 Å². The normalized spacial score (nSPS) is 34.6. The van der Waals surface area contributed by atoms with Crippen molar-refractivity contribution >= 4 is 0 Å². The molecule has 0 spiro atoms. The highest BCUT2D eigenvalue weighted by atomic mass is 16.5. The van der Waals surface area contributed by atoms with Crippen molar-refractivity contribution in [2.45, 2.75) is 38.1 Å². The van der Waals surface area contributed by atoms with Gasteiger partial charge in [-0.25, -0.2) is 0 Å². The van der Waals surface area contributed by atoms with Gasteiger partial charge in [-0.15, -0.1) is 0 Å². The smallest absolute Gasteiger partial charge is 0.0495 e. The number of nitrogens with one attached hydrogen (secondary N) is 1. The van der Waals surface area contributed by atoms with Crippen LogP contribution in [0.25, 0.3) is 0 Å². The van der Waals surface area contributed by atoms with Crippen LogP contribution in [-0.2, 0) is 4.74 Å². The quantitative estimate of drug-likeness (QED) is 0.759. The SMILES string of the molecule is C1CC(CCN2CCC(CNC3CC3)C2)CO1. The minimum Gasteiger partial charge on any atom is -0.381 e. The van der Waals surface area contributed by atoms with Gasteiger partial charge < -0.3 is 15.0 Å². The van der Waals surface area contributed by atoms with Crippen LogP contribution in [0.3, 0.4) is 0 Å². The molecule has 2 atom stereocenters. The highest BCUT2D eigenvalue weighted by Gasteiger charge is 2.26. The molecule has 3 heteroatoms. The Bertz CT molecular complexity index is 236. The zero-order chi connectivity index (χ0) is 11.5. The summed E-state index contributed by atoms with van der Waals surface area (Å²) in [6.45, 7) is 7.22. The second-order valence-electron chi connectivity index (χ2n) is 6.16. The lowest BCUT2D eigenvalue weighted by Gasteiger charge is -2.18. The lowest BCUT2D eigenvalue weighted by Crippen LogP contribution is -2.28. The first-order valence-electron chi connectivity index (χ1n) is 7.43. The fourth-order valence-corrected chi connectivity index (χ4v) is 3.08. The second kappa shape index (κ2) is 5.68. The highest BCUT2D eigenvalue weighted by molar-refractivity contribution is 4.84. The third kappa shape index (κ3) is 3.67. The van der Waals surface area contributed by atoms with Crippen LogP contribution in [0.1, 0.15) is 32.1 Å². The number of hydrogen-bond donors (Lipinski definition) is 1. The van der Waals surface area contributed by atoms with Crippen molar-refractivity contribution in [3.63, 3.8) is 0 Å². The molecule has 3 nitrogen and oxygen atoms in total. The molecule has 3 fully saturated rings. The molecule has 1 N–H and O–H groups in total. The Labute approximate surface area is 105 Å². The van der Waals surface area contributed by atoms with E-state index in [1.165, 1.54) is 58.3 Å². The van der Waals surface area contributed by atoms with E-state index in [0.29, 0.717) is 0 Å². The predicted octanol–water partition coefficient (Wildman–Crippen LogP) is 1.49. The van der Waals surface area contributed by atoms with E-state index in [9.17, 15) is 0 Å². The molecular weight excluding hydrogens is 212 g/mol. The summed E-state index contributed by atoms with van der Waals surface area (Å²) in [5.74, 6) is 1.76. The van der Waals surface area contributed by atoms with Crippen molar-refractivity contribution < 1.29 is 4.74 Å². The van der Waals surface area contributed by atoms with E-state index in [0.717, 1.165) is 31.1 Å². The molecule has 17 heavy (non-hydrogen) atoms. The lowest BCUT2D eigenvalue weighted by molar-refractivity contribution is 0.180. The van der Waals surface area contributed by atoms with Gasteiger partial charge >= 0.3 is 0 Å². The van der Waals surface area contributed by atoms with Gasteiger partial charge in [-0.3, -0.25) is 0 Å². The van der Waals surface area contributed by atoms with Crippen LogP contribution in [0.2, 0.25) is 0 Å². The summed E-state index contributed by atoms with van der Waals surface area (Å²) >= 11 is 0. The van der Waals surface area contributed by atoms with E-state index in [1.807, 2.05) is 0 Å². The number of ether oxygens (including phenoxy) is 1. The van der Waals surface area contributed by atoms with Crippen LogP contribution >= 0.6 is 0 Å². The fraction of sp³-hybridized carbons (Fsp3) is 1.00. The predicted molar refractivity (Wildman–Crippen MR) is 69.1 cm³/mol. The molecule has 0 aromatic rings. The molecule has 0 aromatic carbocycles. The maximum atomic E-state index is 5.44. The average Bonchev–Trinajstić information content (AvgIpc) is 2.86. The van der Waals surface area contributed by atoms with Crippen molar-refractivity contribution in [2.75, 3.05) is 39.4 Å². The molecule has 3 rings (SSSR count). The molecule has 1 aliphatic carbocycles. The summed E-state index contributed by atoms with van der Waals surface area (Å²) in [6, 6.07) is 0.875. The van der Waals surface area contributed by atoms with Crippen LogP contribution in [0, 0.1) is 11.8 Å². The van der Waals surface area contributed by atoms with Crippen LogP contribution in [-0.4, -0.2) is 50.3 Å². The van der Waals surface area contributed by atoms with Gasteiger partial charge in [0.15, 0.2) is 0 Å². The molecule has 2 heterocycles. The minimum absolute atomic E-state index is 0.846. The Morgan fingerprint density at radius 1 is 1.12 bits per heavy atom. The minimum atomic E-state index is 0.846. The third-order valence-electron chi connectivity index (χ3n) is 4.52. The number of likely N-dealkylation sites (tertiary alicyclic amines) is 1. The zero-order valence-electron chi connectivity index (χ0n) is 10.9. The number of hydrogen-bond acceptors (Lipinski definition) is 3. The molecule has 0 aromatic heterocycles.